The molecule has 6 heteroatoms. The Bertz CT molecular complexity index is 802. The monoisotopic (exact) mass is 385 g/mol. The van der Waals surface area contributed by atoms with Crippen molar-refractivity contribution in [2.45, 2.75) is 45.8 Å². The molecule has 0 N–H and O–H groups in total. The zero-order valence-corrected chi connectivity index (χ0v) is 16.8. The molecule has 1 heterocycles. The maximum absolute atomic E-state index is 13.3. The van der Waals surface area contributed by atoms with E-state index in [4.69, 9.17) is 19.2 Å². The average molecular weight is 385 g/mol. The van der Waals surface area contributed by atoms with Crippen LogP contribution in [0, 0.1) is 11.3 Å². The smallest absolute Gasteiger partial charge is 0.319 e. The minimum atomic E-state index is -1.15. The molecule has 1 saturated carbocycles. The van der Waals surface area contributed by atoms with Crippen LogP contribution in [0.15, 0.2) is 47.5 Å². The molecule has 1 aliphatic carbocycles. The molecule has 1 fully saturated rings. The Morgan fingerprint density at radius 3 is 2.50 bits per heavy atom. The van der Waals surface area contributed by atoms with Gasteiger partial charge in [0.2, 0.25) is 5.90 Å². The third kappa shape index (κ3) is 2.74. The van der Waals surface area contributed by atoms with Crippen LogP contribution in [0.2, 0.25) is 0 Å². The molecule has 0 amide bonds. The molecule has 3 rings (SSSR count). The summed E-state index contributed by atoms with van der Waals surface area (Å²) in [6.07, 6.45) is 3.56. The summed E-state index contributed by atoms with van der Waals surface area (Å²) in [7, 11) is 0. The van der Waals surface area contributed by atoms with Gasteiger partial charge < -0.3 is 14.2 Å². The van der Waals surface area contributed by atoms with Gasteiger partial charge in [0.15, 0.2) is 6.10 Å². The average Bonchev–Trinajstić information content (AvgIpc) is 2.87. The first-order valence-electron chi connectivity index (χ1n) is 9.73. The lowest BCUT2D eigenvalue weighted by molar-refractivity contribution is -0.192. The molecule has 0 aromatic heterocycles. The van der Waals surface area contributed by atoms with Gasteiger partial charge in [0.25, 0.3) is 0 Å². The molecule has 0 bridgehead atoms. The molecule has 28 heavy (non-hydrogen) atoms. The van der Waals surface area contributed by atoms with E-state index in [1.807, 2.05) is 56.3 Å². The number of benzene rings is 1. The van der Waals surface area contributed by atoms with E-state index >= 15 is 0 Å². The molecule has 0 unspecified atom stereocenters. The van der Waals surface area contributed by atoms with Gasteiger partial charge in [-0.2, -0.15) is 0 Å². The molecule has 0 spiro atoms. The van der Waals surface area contributed by atoms with E-state index in [2.05, 4.69) is 0 Å². The third-order valence-electron chi connectivity index (χ3n) is 5.57. The van der Waals surface area contributed by atoms with E-state index in [0.29, 0.717) is 13.0 Å². The summed E-state index contributed by atoms with van der Waals surface area (Å²) >= 11 is 0. The molecule has 4 atom stereocenters. The standard InChI is InChI=1S/C22H27NO5/c1-5-11-17-14-21(20(25)27-7-3)18(28-15(4)24)19(26-6-2)23-22(17,21)16-12-9-8-10-13-16/h5,8-13,17-18H,6-7,14H2,1-4H3/b11-5+/t17-,18-,21+,22+/m1/s1. The fourth-order valence-electron chi connectivity index (χ4n) is 4.63. The number of ether oxygens (including phenoxy) is 3. The largest absolute Gasteiger partial charge is 0.479 e. The normalized spacial score (nSPS) is 30.9. The summed E-state index contributed by atoms with van der Waals surface area (Å²) < 4.78 is 16.9. The van der Waals surface area contributed by atoms with Crippen LogP contribution < -0.4 is 0 Å². The number of hydrogen-bond acceptors (Lipinski definition) is 6. The molecule has 2 aliphatic rings. The Hall–Kier alpha value is -2.63. The second-order valence-electron chi connectivity index (χ2n) is 7.03. The van der Waals surface area contributed by atoms with Gasteiger partial charge in [-0.25, -0.2) is 4.99 Å². The second kappa shape index (κ2) is 7.78. The van der Waals surface area contributed by atoms with Crippen molar-refractivity contribution in [2.75, 3.05) is 13.2 Å². The lowest BCUT2D eigenvalue weighted by atomic mass is 9.45. The first-order chi connectivity index (χ1) is 13.5. The number of nitrogens with zero attached hydrogens (tertiary/aromatic N) is 1. The highest BCUT2D eigenvalue weighted by Gasteiger charge is 2.79. The van der Waals surface area contributed by atoms with Crippen LogP contribution in [0.25, 0.3) is 0 Å². The van der Waals surface area contributed by atoms with Gasteiger partial charge in [0, 0.05) is 12.8 Å². The quantitative estimate of drug-likeness (QED) is 0.554. The van der Waals surface area contributed by atoms with Crippen molar-refractivity contribution in [2.24, 2.45) is 16.3 Å². The molecular formula is C22H27NO5. The highest BCUT2D eigenvalue weighted by atomic mass is 16.6. The van der Waals surface area contributed by atoms with Crippen LogP contribution in [0.5, 0.6) is 0 Å². The van der Waals surface area contributed by atoms with Crippen molar-refractivity contribution in [3.8, 4) is 0 Å². The maximum Gasteiger partial charge on any atom is 0.319 e. The van der Waals surface area contributed by atoms with Gasteiger partial charge in [-0.05, 0) is 32.8 Å². The first kappa shape index (κ1) is 20.1. The topological polar surface area (TPSA) is 74.2 Å². The lowest BCUT2D eigenvalue weighted by Crippen LogP contribution is -2.67. The minimum Gasteiger partial charge on any atom is -0.479 e. The Kier molecular flexibility index (Phi) is 5.59. The molecule has 6 nitrogen and oxygen atoms in total. The van der Waals surface area contributed by atoms with Crippen molar-refractivity contribution < 1.29 is 23.8 Å². The highest BCUT2D eigenvalue weighted by molar-refractivity contribution is 5.98. The first-order valence-corrected chi connectivity index (χ1v) is 9.73. The summed E-state index contributed by atoms with van der Waals surface area (Å²) in [5.41, 5.74) is -1.20. The Morgan fingerprint density at radius 1 is 1.21 bits per heavy atom. The van der Waals surface area contributed by atoms with Gasteiger partial charge in [0.05, 0.1) is 13.2 Å². The fraction of sp³-hybridized carbons (Fsp3) is 0.500. The predicted octanol–water partition coefficient (Wildman–Crippen LogP) is 3.41. The number of hydrogen-bond donors (Lipinski definition) is 0. The van der Waals surface area contributed by atoms with Gasteiger partial charge in [-0.15, -0.1) is 0 Å². The highest BCUT2D eigenvalue weighted by Crippen LogP contribution is 2.69. The van der Waals surface area contributed by atoms with Crippen molar-refractivity contribution in [1.29, 1.82) is 0 Å². The predicted molar refractivity (Wildman–Crippen MR) is 105 cm³/mol. The molecule has 1 aliphatic heterocycles. The van der Waals surface area contributed by atoms with Gasteiger partial charge in [-0.3, -0.25) is 9.59 Å². The third-order valence-corrected chi connectivity index (χ3v) is 5.57. The molecule has 0 saturated heterocycles. The molecular weight excluding hydrogens is 358 g/mol. The number of fused-ring (bicyclic) bond motifs is 1. The van der Waals surface area contributed by atoms with Crippen LogP contribution in [0.3, 0.4) is 0 Å². The molecule has 0 radical (unpaired) electrons. The molecule has 1 aromatic rings. The van der Waals surface area contributed by atoms with Crippen LogP contribution in [-0.4, -0.2) is 37.2 Å². The summed E-state index contributed by atoms with van der Waals surface area (Å²) in [5.74, 6) is -0.661. The molecule has 1 aromatic carbocycles. The second-order valence-corrected chi connectivity index (χ2v) is 7.03. The van der Waals surface area contributed by atoms with Gasteiger partial charge in [-0.1, -0.05) is 42.5 Å². The zero-order valence-electron chi connectivity index (χ0n) is 16.8. The number of rotatable bonds is 6. The molecule has 150 valence electrons. The van der Waals surface area contributed by atoms with Crippen LogP contribution >= 0.6 is 0 Å². The van der Waals surface area contributed by atoms with Crippen molar-refractivity contribution in [3.63, 3.8) is 0 Å². The van der Waals surface area contributed by atoms with E-state index in [0.717, 1.165) is 5.56 Å². The van der Waals surface area contributed by atoms with Crippen molar-refractivity contribution in [1.82, 2.24) is 0 Å². The van der Waals surface area contributed by atoms with E-state index in [1.54, 1.807) is 6.92 Å². The Balaban J connectivity index is 2.25. The van der Waals surface area contributed by atoms with Crippen molar-refractivity contribution >= 4 is 17.8 Å². The van der Waals surface area contributed by atoms with E-state index in [-0.39, 0.29) is 18.4 Å². The SMILES string of the molecule is C/C=C/[C@@H]1C[C@@]2(C(=O)OCC)[C@H](OC(C)=O)C(OCC)=N[C@@]12c1ccccc1. The van der Waals surface area contributed by atoms with Crippen LogP contribution in [-0.2, 0) is 29.3 Å². The zero-order chi connectivity index (χ0) is 20.4. The van der Waals surface area contributed by atoms with E-state index in [9.17, 15) is 9.59 Å². The minimum absolute atomic E-state index is 0.0414. The number of carbonyl (C=O) groups excluding carboxylic acids is 2. The summed E-state index contributed by atoms with van der Waals surface area (Å²) in [5, 5.41) is 0. The lowest BCUT2D eigenvalue weighted by Gasteiger charge is -2.57. The Morgan fingerprint density at radius 2 is 1.93 bits per heavy atom. The van der Waals surface area contributed by atoms with Crippen LogP contribution in [0.1, 0.15) is 39.7 Å². The van der Waals surface area contributed by atoms with Gasteiger partial charge in [0.1, 0.15) is 11.0 Å². The maximum atomic E-state index is 13.3. The van der Waals surface area contributed by atoms with Gasteiger partial charge >= 0.3 is 11.9 Å². The number of aliphatic imine (C=N–C) groups is 1. The van der Waals surface area contributed by atoms with Crippen molar-refractivity contribution in [3.05, 3.63) is 48.0 Å². The summed E-state index contributed by atoms with van der Waals surface area (Å²) in [4.78, 5) is 30.2. The summed E-state index contributed by atoms with van der Waals surface area (Å²) in [6, 6.07) is 9.65. The number of carbonyl (C=O) groups is 2. The van der Waals surface area contributed by atoms with E-state index in [1.165, 1.54) is 6.92 Å². The number of esters is 2. The van der Waals surface area contributed by atoms with E-state index < -0.39 is 29.0 Å². The Labute approximate surface area is 165 Å². The summed E-state index contributed by atoms with van der Waals surface area (Å²) in [6.45, 7) is 7.46. The van der Waals surface area contributed by atoms with Crippen LogP contribution in [0.4, 0.5) is 0 Å². The fourth-order valence-corrected chi connectivity index (χ4v) is 4.63. The number of allylic oxidation sites excluding steroid dienone is 1.